The van der Waals surface area contributed by atoms with Gasteiger partial charge in [-0.3, -0.25) is 4.79 Å². The number of carbonyl (C=O) groups is 1. The highest BCUT2D eigenvalue weighted by Gasteiger charge is 2.05. The van der Waals surface area contributed by atoms with Crippen LogP contribution < -0.4 is 0 Å². The number of hydrogen-bond donors (Lipinski definition) is 0. The van der Waals surface area contributed by atoms with Crippen molar-refractivity contribution in [3.05, 3.63) is 68.6 Å². The monoisotopic (exact) mass is 422 g/mol. The molecule has 0 unspecified atom stereocenters. The summed E-state index contributed by atoms with van der Waals surface area (Å²) in [5.41, 5.74) is 2.56. The Morgan fingerprint density at radius 1 is 0.727 bits per heavy atom. The summed E-state index contributed by atoms with van der Waals surface area (Å²) < 4.78 is 2.27. The van der Waals surface area contributed by atoms with Gasteiger partial charge in [0, 0.05) is 21.8 Å². The molecule has 0 saturated carbocycles. The van der Waals surface area contributed by atoms with Crippen molar-refractivity contribution < 1.29 is 4.79 Å². The summed E-state index contributed by atoms with van der Waals surface area (Å²) in [4.78, 5) is 12.0. The standard InChI is InChI=1S/C19H20Br2O/c20-18-13-3-1-7-15(18)9-5-11-17(22)12-6-10-16-8-2-4-14-19(16)21/h1-4,7-8,13-14H,5-6,9-12H2. The average Bonchev–Trinajstić information content (AvgIpc) is 2.51. The van der Waals surface area contributed by atoms with Crippen LogP contribution in [0.2, 0.25) is 0 Å². The summed E-state index contributed by atoms with van der Waals surface area (Å²) >= 11 is 7.10. The van der Waals surface area contributed by atoms with E-state index in [1.165, 1.54) is 11.1 Å². The van der Waals surface area contributed by atoms with Crippen molar-refractivity contribution in [3.63, 3.8) is 0 Å². The van der Waals surface area contributed by atoms with Gasteiger partial charge in [-0.05, 0) is 48.9 Å². The van der Waals surface area contributed by atoms with Crippen molar-refractivity contribution in [2.24, 2.45) is 0 Å². The molecule has 0 bridgehead atoms. The third-order valence-electron chi connectivity index (χ3n) is 3.72. The normalized spacial score (nSPS) is 10.6. The predicted molar refractivity (Wildman–Crippen MR) is 99.2 cm³/mol. The minimum atomic E-state index is 0.374. The van der Waals surface area contributed by atoms with Gasteiger partial charge in [0.1, 0.15) is 5.78 Å². The van der Waals surface area contributed by atoms with Crippen LogP contribution in [0.3, 0.4) is 0 Å². The van der Waals surface area contributed by atoms with Crippen molar-refractivity contribution in [2.45, 2.75) is 38.5 Å². The molecule has 2 aromatic carbocycles. The average molecular weight is 424 g/mol. The molecule has 0 heterocycles. The zero-order valence-electron chi connectivity index (χ0n) is 12.5. The van der Waals surface area contributed by atoms with Crippen molar-refractivity contribution in [3.8, 4) is 0 Å². The Bertz CT molecular complexity index is 569. The van der Waals surface area contributed by atoms with E-state index < -0.39 is 0 Å². The Kier molecular flexibility index (Phi) is 7.34. The molecule has 0 N–H and O–H groups in total. The largest absolute Gasteiger partial charge is 0.300 e. The summed E-state index contributed by atoms with van der Waals surface area (Å²) in [7, 11) is 0. The Morgan fingerprint density at radius 2 is 1.14 bits per heavy atom. The van der Waals surface area contributed by atoms with Crippen molar-refractivity contribution in [2.75, 3.05) is 0 Å². The number of benzene rings is 2. The second kappa shape index (κ2) is 9.26. The second-order valence-electron chi connectivity index (χ2n) is 5.43. The molecular weight excluding hydrogens is 404 g/mol. The molecule has 0 saturated heterocycles. The lowest BCUT2D eigenvalue weighted by Crippen LogP contribution is -2.00. The van der Waals surface area contributed by atoms with Crippen LogP contribution in [0.1, 0.15) is 36.8 Å². The Hall–Kier alpha value is -0.930. The van der Waals surface area contributed by atoms with Crippen LogP contribution >= 0.6 is 31.9 Å². The van der Waals surface area contributed by atoms with Crippen LogP contribution in [-0.4, -0.2) is 5.78 Å². The summed E-state index contributed by atoms with van der Waals surface area (Å²) in [5.74, 6) is 0.374. The Morgan fingerprint density at radius 3 is 1.55 bits per heavy atom. The van der Waals surface area contributed by atoms with Gasteiger partial charge >= 0.3 is 0 Å². The fourth-order valence-electron chi connectivity index (χ4n) is 2.48. The SMILES string of the molecule is O=C(CCCc1ccccc1Br)CCCc1ccccc1Br. The lowest BCUT2D eigenvalue weighted by molar-refractivity contribution is -0.119. The van der Waals surface area contributed by atoms with E-state index in [1.54, 1.807) is 0 Å². The van der Waals surface area contributed by atoms with Gasteiger partial charge < -0.3 is 0 Å². The number of carbonyl (C=O) groups excluding carboxylic acids is 1. The number of halogens is 2. The summed E-state index contributed by atoms with van der Waals surface area (Å²) in [6.07, 6.45) is 5.12. The van der Waals surface area contributed by atoms with E-state index in [1.807, 2.05) is 24.3 Å². The van der Waals surface area contributed by atoms with E-state index in [2.05, 4.69) is 56.1 Å². The molecule has 116 valence electrons. The lowest BCUT2D eigenvalue weighted by Gasteiger charge is -2.05. The highest BCUT2D eigenvalue weighted by atomic mass is 79.9. The third kappa shape index (κ3) is 5.69. The Balaban J connectivity index is 1.66. The van der Waals surface area contributed by atoms with Crippen LogP contribution in [0, 0.1) is 0 Å². The molecule has 0 amide bonds. The molecule has 2 aromatic rings. The van der Waals surface area contributed by atoms with Gasteiger partial charge in [0.25, 0.3) is 0 Å². The van der Waals surface area contributed by atoms with E-state index in [0.717, 1.165) is 34.6 Å². The van der Waals surface area contributed by atoms with Crippen LogP contribution in [-0.2, 0) is 17.6 Å². The van der Waals surface area contributed by atoms with E-state index >= 15 is 0 Å². The van der Waals surface area contributed by atoms with Gasteiger partial charge in [0.2, 0.25) is 0 Å². The smallest absolute Gasteiger partial charge is 0.132 e. The van der Waals surface area contributed by atoms with Crippen LogP contribution in [0.5, 0.6) is 0 Å². The zero-order chi connectivity index (χ0) is 15.8. The first-order chi connectivity index (χ1) is 10.7. The molecule has 1 nitrogen and oxygen atoms in total. The molecule has 0 radical (unpaired) electrons. The first kappa shape index (κ1) is 17.4. The van der Waals surface area contributed by atoms with E-state index in [4.69, 9.17) is 0 Å². The first-order valence-electron chi connectivity index (χ1n) is 7.65. The predicted octanol–water partition coefficient (Wildman–Crippen LogP) is 6.13. The Labute approximate surface area is 149 Å². The summed E-state index contributed by atoms with van der Waals surface area (Å²) in [6.45, 7) is 0. The third-order valence-corrected chi connectivity index (χ3v) is 5.27. The van der Waals surface area contributed by atoms with Crippen molar-refractivity contribution >= 4 is 37.6 Å². The second-order valence-corrected chi connectivity index (χ2v) is 7.14. The molecular formula is C19H20Br2O. The molecule has 0 spiro atoms. The summed E-state index contributed by atoms with van der Waals surface area (Å²) in [6, 6.07) is 16.4. The van der Waals surface area contributed by atoms with E-state index in [-0.39, 0.29) is 0 Å². The minimum Gasteiger partial charge on any atom is -0.300 e. The maximum Gasteiger partial charge on any atom is 0.132 e. The molecule has 3 heteroatoms. The molecule has 0 atom stereocenters. The molecule has 22 heavy (non-hydrogen) atoms. The van der Waals surface area contributed by atoms with Crippen LogP contribution in [0.25, 0.3) is 0 Å². The topological polar surface area (TPSA) is 17.1 Å². The number of hydrogen-bond acceptors (Lipinski definition) is 1. The lowest BCUT2D eigenvalue weighted by atomic mass is 10.0. The van der Waals surface area contributed by atoms with E-state index in [9.17, 15) is 4.79 Å². The highest BCUT2D eigenvalue weighted by molar-refractivity contribution is 9.10. The van der Waals surface area contributed by atoms with Gasteiger partial charge in [0.15, 0.2) is 0 Å². The zero-order valence-corrected chi connectivity index (χ0v) is 15.7. The molecule has 0 aliphatic carbocycles. The number of rotatable bonds is 8. The first-order valence-corrected chi connectivity index (χ1v) is 9.24. The number of Topliss-reactive ketones (excluding diaryl/α,β-unsaturated/α-hetero) is 1. The van der Waals surface area contributed by atoms with Crippen molar-refractivity contribution in [1.29, 1.82) is 0 Å². The van der Waals surface area contributed by atoms with E-state index in [0.29, 0.717) is 18.6 Å². The quantitative estimate of drug-likeness (QED) is 0.499. The molecule has 2 rings (SSSR count). The maximum atomic E-state index is 12.0. The minimum absolute atomic E-state index is 0.374. The van der Waals surface area contributed by atoms with Crippen molar-refractivity contribution in [1.82, 2.24) is 0 Å². The fraction of sp³-hybridized carbons (Fsp3) is 0.316. The number of aryl methyl sites for hydroxylation is 2. The molecule has 0 aliphatic rings. The summed E-state index contributed by atoms with van der Waals surface area (Å²) in [5, 5.41) is 0. The van der Waals surface area contributed by atoms with Gasteiger partial charge in [-0.15, -0.1) is 0 Å². The molecule has 0 aliphatic heterocycles. The van der Waals surface area contributed by atoms with Gasteiger partial charge in [-0.2, -0.15) is 0 Å². The van der Waals surface area contributed by atoms with Crippen LogP contribution in [0.4, 0.5) is 0 Å². The van der Waals surface area contributed by atoms with Gasteiger partial charge in [-0.25, -0.2) is 0 Å². The molecule has 0 fully saturated rings. The molecule has 0 aromatic heterocycles. The highest BCUT2D eigenvalue weighted by Crippen LogP contribution is 2.20. The number of ketones is 1. The van der Waals surface area contributed by atoms with Crippen LogP contribution in [0.15, 0.2) is 57.5 Å². The maximum absolute atomic E-state index is 12.0. The van der Waals surface area contributed by atoms with Gasteiger partial charge in [0.05, 0.1) is 0 Å². The van der Waals surface area contributed by atoms with Gasteiger partial charge in [-0.1, -0.05) is 68.3 Å². The fourth-order valence-corrected chi connectivity index (χ4v) is 3.45.